The number of hydrogen-bond donors (Lipinski definition) is 3. The van der Waals surface area contributed by atoms with E-state index >= 15 is 0 Å². The number of nitrogens with zero attached hydrogens (tertiary/aromatic N) is 3. The fraction of sp³-hybridized carbons (Fsp3) is 0.353. The fourth-order valence-corrected chi connectivity index (χ4v) is 2.94. The number of amides is 1. The van der Waals surface area contributed by atoms with Gasteiger partial charge in [-0.2, -0.15) is 0 Å². The lowest BCUT2D eigenvalue weighted by atomic mass is 10.2. The molecule has 2 rings (SSSR count). The van der Waals surface area contributed by atoms with Crippen LogP contribution < -0.4 is 16.9 Å². The van der Waals surface area contributed by atoms with E-state index in [0.717, 1.165) is 34.8 Å². The molecule has 1 amide bonds. The second-order valence-corrected chi connectivity index (χ2v) is 6.93. The molecule has 0 radical (unpaired) electrons. The van der Waals surface area contributed by atoms with Crippen molar-refractivity contribution in [2.75, 3.05) is 6.54 Å². The molecule has 0 aliphatic carbocycles. The zero-order valence-electron chi connectivity index (χ0n) is 14.3. The molecular weight excluding hydrogens is 336 g/mol. The first kappa shape index (κ1) is 18.9. The van der Waals surface area contributed by atoms with E-state index in [1.54, 1.807) is 11.3 Å². The Morgan fingerprint density at radius 2 is 2.04 bits per heavy atom. The minimum absolute atomic E-state index is 0.0955. The maximum Gasteiger partial charge on any atom is 0.268 e. The zero-order valence-corrected chi connectivity index (χ0v) is 15.1. The van der Waals surface area contributed by atoms with Crippen molar-refractivity contribution in [1.29, 1.82) is 0 Å². The Balaban J connectivity index is 1.67. The molecule has 1 aromatic carbocycles. The standard InChI is InChI=1S/C17H24N6OS/c1-13-21-22-16(25-13)9-5-6-10-23(19)12-15(18)17(24)20-11-14-7-3-2-4-8-14/h2-4,7-8,12H,5-6,9-11,18-19H2,1H3,(H,20,24)/b15-12-. The topological polar surface area (TPSA) is 110 Å². The van der Waals surface area contributed by atoms with Gasteiger partial charge in [0.25, 0.3) is 5.91 Å². The lowest BCUT2D eigenvalue weighted by Crippen LogP contribution is -2.33. The summed E-state index contributed by atoms with van der Waals surface area (Å²) in [6.45, 7) is 2.99. The Morgan fingerprint density at radius 3 is 2.72 bits per heavy atom. The van der Waals surface area contributed by atoms with Crippen LogP contribution in [-0.4, -0.2) is 27.7 Å². The van der Waals surface area contributed by atoms with E-state index in [0.29, 0.717) is 13.1 Å². The number of unbranched alkanes of at least 4 members (excludes halogenated alkanes) is 1. The van der Waals surface area contributed by atoms with Gasteiger partial charge >= 0.3 is 0 Å². The average Bonchev–Trinajstić information content (AvgIpc) is 3.02. The number of carbonyl (C=O) groups excluding carboxylic acids is 1. The Hall–Kier alpha value is -2.45. The van der Waals surface area contributed by atoms with E-state index < -0.39 is 0 Å². The van der Waals surface area contributed by atoms with E-state index in [9.17, 15) is 4.79 Å². The van der Waals surface area contributed by atoms with Gasteiger partial charge in [-0.25, -0.2) is 5.84 Å². The maximum atomic E-state index is 12.0. The SMILES string of the molecule is Cc1nnc(CCCCN(N)/C=C(\N)C(=O)NCc2ccccc2)s1. The molecule has 0 atom stereocenters. The molecular formula is C17H24N6OS. The second kappa shape index (κ2) is 9.75. The molecule has 0 saturated carbocycles. The van der Waals surface area contributed by atoms with Gasteiger partial charge in [0.2, 0.25) is 0 Å². The maximum absolute atomic E-state index is 12.0. The van der Waals surface area contributed by atoms with E-state index in [2.05, 4.69) is 15.5 Å². The summed E-state index contributed by atoms with van der Waals surface area (Å²) in [4.78, 5) is 12.0. The lowest BCUT2D eigenvalue weighted by molar-refractivity contribution is -0.117. The van der Waals surface area contributed by atoms with Gasteiger partial charge < -0.3 is 16.1 Å². The van der Waals surface area contributed by atoms with Crippen molar-refractivity contribution >= 4 is 17.2 Å². The predicted octanol–water partition coefficient (Wildman–Crippen LogP) is 1.46. The third-order valence-electron chi connectivity index (χ3n) is 3.49. The first-order valence-corrected chi connectivity index (χ1v) is 8.96. The molecule has 2 aromatic rings. The number of benzene rings is 1. The molecule has 0 saturated heterocycles. The van der Waals surface area contributed by atoms with Crippen molar-refractivity contribution in [3.8, 4) is 0 Å². The van der Waals surface area contributed by atoms with Crippen molar-refractivity contribution in [2.45, 2.75) is 32.7 Å². The van der Waals surface area contributed by atoms with E-state index in [1.165, 1.54) is 11.2 Å². The van der Waals surface area contributed by atoms with E-state index in [1.807, 2.05) is 37.3 Å². The van der Waals surface area contributed by atoms with Gasteiger partial charge in [-0.05, 0) is 25.3 Å². The van der Waals surface area contributed by atoms with Crippen LogP contribution in [0.15, 0.2) is 42.2 Å². The Kier molecular flexibility index (Phi) is 7.36. The number of aromatic nitrogens is 2. The lowest BCUT2D eigenvalue weighted by Gasteiger charge is -2.14. The van der Waals surface area contributed by atoms with Crippen LogP contribution in [0.25, 0.3) is 0 Å². The molecule has 25 heavy (non-hydrogen) atoms. The van der Waals surface area contributed by atoms with Crippen LogP contribution in [0.2, 0.25) is 0 Å². The summed E-state index contributed by atoms with van der Waals surface area (Å²) in [5.74, 6) is 5.54. The number of hydrogen-bond acceptors (Lipinski definition) is 7. The number of hydrazine groups is 1. The summed E-state index contributed by atoms with van der Waals surface area (Å²) in [6, 6.07) is 9.65. The minimum Gasteiger partial charge on any atom is -0.393 e. The van der Waals surface area contributed by atoms with Crippen LogP contribution in [0.4, 0.5) is 0 Å². The Morgan fingerprint density at radius 1 is 1.28 bits per heavy atom. The molecule has 7 nitrogen and oxygen atoms in total. The van der Waals surface area contributed by atoms with Gasteiger partial charge in [-0.15, -0.1) is 21.5 Å². The molecule has 0 unspecified atom stereocenters. The quantitative estimate of drug-likeness (QED) is 0.270. The van der Waals surface area contributed by atoms with Crippen molar-refractivity contribution in [3.63, 3.8) is 0 Å². The first-order valence-electron chi connectivity index (χ1n) is 8.14. The number of nitrogens with one attached hydrogen (secondary N) is 1. The van der Waals surface area contributed by atoms with Crippen LogP contribution in [0.3, 0.4) is 0 Å². The van der Waals surface area contributed by atoms with Crippen molar-refractivity contribution in [1.82, 2.24) is 20.5 Å². The summed E-state index contributed by atoms with van der Waals surface area (Å²) in [6.07, 6.45) is 4.19. The molecule has 8 heteroatoms. The first-order chi connectivity index (χ1) is 12.0. The van der Waals surface area contributed by atoms with Gasteiger partial charge in [-0.1, -0.05) is 30.3 Å². The van der Waals surface area contributed by atoms with Crippen LogP contribution in [-0.2, 0) is 17.8 Å². The molecule has 1 heterocycles. The molecule has 134 valence electrons. The third-order valence-corrected chi connectivity index (χ3v) is 4.39. The predicted molar refractivity (Wildman–Crippen MR) is 99.0 cm³/mol. The Labute approximate surface area is 151 Å². The van der Waals surface area contributed by atoms with Crippen LogP contribution in [0.5, 0.6) is 0 Å². The van der Waals surface area contributed by atoms with Gasteiger partial charge in [0.1, 0.15) is 15.7 Å². The summed E-state index contributed by atoms with van der Waals surface area (Å²) in [5.41, 5.74) is 6.90. The summed E-state index contributed by atoms with van der Waals surface area (Å²) < 4.78 is 0. The number of rotatable bonds is 9. The average molecular weight is 360 g/mol. The highest BCUT2D eigenvalue weighted by atomic mass is 32.1. The molecule has 1 aromatic heterocycles. The van der Waals surface area contributed by atoms with Crippen molar-refractivity contribution in [3.05, 3.63) is 57.8 Å². The highest BCUT2D eigenvalue weighted by molar-refractivity contribution is 7.11. The van der Waals surface area contributed by atoms with E-state index in [-0.39, 0.29) is 11.6 Å². The van der Waals surface area contributed by atoms with Gasteiger partial charge in [0, 0.05) is 25.7 Å². The van der Waals surface area contributed by atoms with Gasteiger partial charge in [0.05, 0.1) is 0 Å². The highest BCUT2D eigenvalue weighted by Gasteiger charge is 2.07. The highest BCUT2D eigenvalue weighted by Crippen LogP contribution is 2.11. The largest absolute Gasteiger partial charge is 0.393 e. The fourth-order valence-electron chi connectivity index (χ4n) is 2.19. The third kappa shape index (κ3) is 6.90. The van der Waals surface area contributed by atoms with Gasteiger partial charge in [-0.3, -0.25) is 4.79 Å². The zero-order chi connectivity index (χ0) is 18.1. The van der Waals surface area contributed by atoms with Crippen molar-refractivity contribution in [2.24, 2.45) is 11.6 Å². The van der Waals surface area contributed by atoms with Crippen LogP contribution in [0, 0.1) is 6.92 Å². The van der Waals surface area contributed by atoms with E-state index in [4.69, 9.17) is 11.6 Å². The summed E-state index contributed by atoms with van der Waals surface area (Å²) >= 11 is 1.61. The molecule has 5 N–H and O–H groups in total. The number of aryl methyl sites for hydroxylation is 2. The van der Waals surface area contributed by atoms with Gasteiger partial charge in [0.15, 0.2) is 0 Å². The molecule has 0 spiro atoms. The number of carbonyl (C=O) groups is 1. The summed E-state index contributed by atoms with van der Waals surface area (Å²) in [5, 5.41) is 14.3. The Bertz CT molecular complexity index is 700. The molecule has 0 fully saturated rings. The molecule has 0 bridgehead atoms. The monoisotopic (exact) mass is 360 g/mol. The van der Waals surface area contributed by atoms with Crippen LogP contribution >= 0.6 is 11.3 Å². The van der Waals surface area contributed by atoms with Crippen molar-refractivity contribution < 1.29 is 4.79 Å². The normalized spacial score (nSPS) is 11.4. The molecule has 0 aliphatic heterocycles. The number of nitrogens with two attached hydrogens (primary N) is 2. The second-order valence-electron chi connectivity index (χ2n) is 5.66. The smallest absolute Gasteiger partial charge is 0.268 e. The van der Waals surface area contributed by atoms with Crippen LogP contribution in [0.1, 0.15) is 28.4 Å². The molecule has 0 aliphatic rings. The summed E-state index contributed by atoms with van der Waals surface area (Å²) in [7, 11) is 0. The minimum atomic E-state index is -0.330.